The first-order chi connectivity index (χ1) is 22.4. The molecular formula is C37H40N4O6. The van der Waals surface area contributed by atoms with Gasteiger partial charge in [0.25, 0.3) is 0 Å². The highest BCUT2D eigenvalue weighted by atomic mass is 16.5. The van der Waals surface area contributed by atoms with Gasteiger partial charge in [0.1, 0.15) is 6.29 Å². The Morgan fingerprint density at radius 2 is 1.70 bits per heavy atom. The monoisotopic (exact) mass is 636 g/mol. The first-order valence-electron chi connectivity index (χ1n) is 15.4. The van der Waals surface area contributed by atoms with Crippen molar-refractivity contribution < 1.29 is 29.0 Å². The van der Waals surface area contributed by atoms with Gasteiger partial charge in [-0.25, -0.2) is 9.98 Å². The number of nitrogens with zero attached hydrogens (tertiary/aromatic N) is 2. The molecule has 0 aliphatic carbocycles. The minimum Gasteiger partial charge on any atom is -0.469 e. The number of allylic oxidation sites excluding steroid dienone is 6. The molecule has 4 aliphatic heterocycles. The Morgan fingerprint density at radius 1 is 0.979 bits per heavy atom. The van der Waals surface area contributed by atoms with Crippen LogP contribution in [0.1, 0.15) is 52.0 Å². The summed E-state index contributed by atoms with van der Waals surface area (Å²) in [5.74, 6) is -0.815. The van der Waals surface area contributed by atoms with E-state index in [9.17, 15) is 19.5 Å². The quantitative estimate of drug-likeness (QED) is 0.214. The fourth-order valence-corrected chi connectivity index (χ4v) is 6.32. The maximum Gasteiger partial charge on any atom is 0.309 e. The molecule has 4 aliphatic rings. The molecule has 0 spiro atoms. The van der Waals surface area contributed by atoms with E-state index in [0.717, 1.165) is 39.3 Å². The molecule has 0 fully saturated rings. The lowest BCUT2D eigenvalue weighted by molar-refractivity contribution is -0.141. The van der Waals surface area contributed by atoms with Gasteiger partial charge in [0.15, 0.2) is 5.72 Å². The molecule has 244 valence electrons. The van der Waals surface area contributed by atoms with Crippen molar-refractivity contribution in [2.45, 2.75) is 64.6 Å². The van der Waals surface area contributed by atoms with E-state index in [2.05, 4.69) is 16.9 Å². The van der Waals surface area contributed by atoms with Crippen LogP contribution in [-0.2, 0) is 23.9 Å². The number of esters is 2. The number of rotatable bonds is 9. The van der Waals surface area contributed by atoms with Crippen LogP contribution in [0.4, 0.5) is 0 Å². The summed E-state index contributed by atoms with van der Waals surface area (Å²) in [6.07, 6.45) is 14.1. The molecular weight excluding hydrogens is 596 g/mol. The smallest absolute Gasteiger partial charge is 0.309 e. The number of aryl methyl sites for hydroxylation is 1. The van der Waals surface area contributed by atoms with Crippen LogP contribution in [0.2, 0.25) is 0 Å². The van der Waals surface area contributed by atoms with E-state index < -0.39 is 17.2 Å². The summed E-state index contributed by atoms with van der Waals surface area (Å²) in [5.41, 5.74) is 5.22. The SMILES string of the molecule is C=CC12C=C(C)C(O)(C=C3N=C(C=C4N=C(C=c5cc(C)c([nH]5)=C1)C(C)=C4C(=CCC=O)CC(=O)OC)C(CCC(=O)OC)=C3C)N2. The van der Waals surface area contributed by atoms with Crippen LogP contribution in [0.15, 0.2) is 97.8 Å². The number of hydrogen-bond donors (Lipinski definition) is 3. The second kappa shape index (κ2) is 13.1. The average molecular weight is 637 g/mol. The molecule has 47 heavy (non-hydrogen) atoms. The van der Waals surface area contributed by atoms with Gasteiger partial charge in [0.05, 0.1) is 49.0 Å². The van der Waals surface area contributed by atoms with Crippen molar-refractivity contribution in [1.29, 1.82) is 0 Å². The maximum atomic E-state index is 12.5. The van der Waals surface area contributed by atoms with E-state index in [-0.39, 0.29) is 25.2 Å². The zero-order valence-electron chi connectivity index (χ0n) is 27.6. The molecule has 0 amide bonds. The summed E-state index contributed by atoms with van der Waals surface area (Å²) in [5, 5.41) is 17.0. The normalized spacial score (nSPS) is 23.6. The lowest BCUT2D eigenvalue weighted by Crippen LogP contribution is -2.50. The van der Waals surface area contributed by atoms with Gasteiger partial charge in [-0.1, -0.05) is 18.2 Å². The van der Waals surface area contributed by atoms with Crippen LogP contribution >= 0.6 is 0 Å². The van der Waals surface area contributed by atoms with Crippen LogP contribution in [0.25, 0.3) is 12.2 Å². The van der Waals surface area contributed by atoms with E-state index in [1.165, 1.54) is 14.2 Å². The molecule has 0 saturated heterocycles. The number of aliphatic imine (C=N–C) groups is 2. The number of aldehydes is 1. The fourth-order valence-electron chi connectivity index (χ4n) is 6.32. The predicted molar refractivity (Wildman–Crippen MR) is 182 cm³/mol. The number of methoxy groups -OCH3 is 2. The number of hydrogen-bond acceptors (Lipinski definition) is 9. The zero-order chi connectivity index (χ0) is 34.1. The minimum absolute atomic E-state index is 0.0620. The Morgan fingerprint density at radius 3 is 2.38 bits per heavy atom. The maximum absolute atomic E-state index is 12.5. The Bertz CT molecular complexity index is 1960. The number of aromatic nitrogens is 1. The topological polar surface area (TPSA) is 142 Å². The van der Waals surface area contributed by atoms with Gasteiger partial charge in [-0.15, -0.1) is 6.58 Å². The molecule has 2 atom stereocenters. The highest BCUT2D eigenvalue weighted by Gasteiger charge is 2.42. The molecule has 2 unspecified atom stereocenters. The van der Waals surface area contributed by atoms with E-state index in [0.29, 0.717) is 46.0 Å². The summed E-state index contributed by atoms with van der Waals surface area (Å²) in [7, 11) is 2.67. The lowest BCUT2D eigenvalue weighted by atomic mass is 9.92. The first-order valence-corrected chi connectivity index (χ1v) is 15.4. The third-order valence-corrected chi connectivity index (χ3v) is 8.97. The van der Waals surface area contributed by atoms with Crippen molar-refractivity contribution in [3.05, 3.63) is 104 Å². The third-order valence-electron chi connectivity index (χ3n) is 8.97. The Kier molecular flexibility index (Phi) is 9.29. The molecule has 10 nitrogen and oxygen atoms in total. The number of nitrogens with one attached hydrogen (secondary N) is 2. The number of H-pyrrole nitrogens is 1. The summed E-state index contributed by atoms with van der Waals surface area (Å²) in [4.78, 5) is 49.7. The van der Waals surface area contributed by atoms with E-state index in [1.807, 2.05) is 58.1 Å². The van der Waals surface area contributed by atoms with Crippen molar-refractivity contribution in [2.24, 2.45) is 9.98 Å². The molecule has 8 bridgehead atoms. The molecule has 0 aromatic carbocycles. The highest BCUT2D eigenvalue weighted by molar-refractivity contribution is 6.24. The summed E-state index contributed by atoms with van der Waals surface area (Å²) < 4.78 is 9.91. The van der Waals surface area contributed by atoms with Crippen LogP contribution in [0.3, 0.4) is 0 Å². The van der Waals surface area contributed by atoms with Crippen LogP contribution in [0.5, 0.6) is 0 Å². The van der Waals surface area contributed by atoms with Crippen LogP contribution in [0, 0.1) is 6.92 Å². The van der Waals surface area contributed by atoms with E-state index in [4.69, 9.17) is 19.5 Å². The molecule has 5 heterocycles. The van der Waals surface area contributed by atoms with Crippen molar-refractivity contribution >= 4 is 41.8 Å². The van der Waals surface area contributed by atoms with Gasteiger partial charge in [0.2, 0.25) is 0 Å². The highest BCUT2D eigenvalue weighted by Crippen LogP contribution is 2.39. The van der Waals surface area contributed by atoms with Crippen molar-refractivity contribution in [2.75, 3.05) is 14.2 Å². The second-order valence-corrected chi connectivity index (χ2v) is 12.1. The first kappa shape index (κ1) is 33.4. The van der Waals surface area contributed by atoms with Gasteiger partial charge in [0, 0.05) is 29.1 Å². The standard InChI is InChI=1S/C37H40N4O6/c1-8-36-18-22(3)37(45,41-36)20-32-23(4)27(11-12-33(43)46-6)29(40-32)17-30-35(25(10-9-13-42)15-34(44)47-7)24(5)28(39-30)16-26-14-21(2)31(19-36)38-26/h8,10,13-14,16-20,38,41,45H,1,9,11-12,15H2,2-7H3. The average Bonchev–Trinajstić information content (AvgIpc) is 3.70. The van der Waals surface area contributed by atoms with Gasteiger partial charge in [-0.3, -0.25) is 14.9 Å². The van der Waals surface area contributed by atoms with Gasteiger partial charge >= 0.3 is 11.9 Å². The third kappa shape index (κ3) is 6.52. The molecule has 1 aromatic rings. The summed E-state index contributed by atoms with van der Waals surface area (Å²) in [6.45, 7) is 11.7. The lowest BCUT2D eigenvalue weighted by Gasteiger charge is -2.28. The van der Waals surface area contributed by atoms with E-state index in [1.54, 1.807) is 18.2 Å². The van der Waals surface area contributed by atoms with Gasteiger partial charge in [-0.2, -0.15) is 0 Å². The molecule has 1 aromatic heterocycles. The molecule has 0 radical (unpaired) electrons. The molecule has 5 rings (SSSR count). The molecule has 3 N–H and O–H groups in total. The number of aliphatic hydroxyl groups is 1. The number of carbonyl (C=O) groups excluding carboxylic acids is 3. The number of ether oxygens (including phenoxy) is 2. The second-order valence-electron chi connectivity index (χ2n) is 12.1. The summed E-state index contributed by atoms with van der Waals surface area (Å²) in [6, 6.07) is 2.01. The zero-order valence-corrected chi connectivity index (χ0v) is 27.6. The number of fused-ring (bicyclic) bond motifs is 6. The molecule has 0 saturated carbocycles. The minimum atomic E-state index is -1.56. The molecule has 10 heteroatoms. The van der Waals surface area contributed by atoms with Crippen molar-refractivity contribution in [3.63, 3.8) is 0 Å². The fraction of sp³-hybridized carbons (Fsp3) is 0.324. The number of aromatic amines is 1. The Balaban J connectivity index is 1.82. The van der Waals surface area contributed by atoms with Crippen molar-refractivity contribution in [1.82, 2.24) is 10.3 Å². The largest absolute Gasteiger partial charge is 0.469 e. The van der Waals surface area contributed by atoms with Crippen LogP contribution in [-0.4, -0.2) is 65.2 Å². The predicted octanol–water partition coefficient (Wildman–Crippen LogP) is 3.40. The van der Waals surface area contributed by atoms with Crippen LogP contribution < -0.4 is 16.0 Å². The Hall–Kier alpha value is -4.93. The summed E-state index contributed by atoms with van der Waals surface area (Å²) >= 11 is 0. The van der Waals surface area contributed by atoms with E-state index >= 15 is 0 Å². The Labute approximate surface area is 273 Å². The van der Waals surface area contributed by atoms with Gasteiger partial charge < -0.3 is 24.4 Å². The van der Waals surface area contributed by atoms with Crippen molar-refractivity contribution in [3.8, 4) is 0 Å². The number of carbonyl (C=O) groups is 3. The van der Waals surface area contributed by atoms with Gasteiger partial charge in [-0.05, 0) is 97.9 Å².